The Labute approximate surface area is 98.3 Å². The molecule has 3 heteroatoms. The van der Waals surface area contributed by atoms with Crippen molar-refractivity contribution in [2.24, 2.45) is 0 Å². The van der Waals surface area contributed by atoms with E-state index in [4.69, 9.17) is 4.42 Å². The molecular weight excluding hydrogens is 220 g/mol. The molecule has 0 saturated heterocycles. The summed E-state index contributed by atoms with van der Waals surface area (Å²) in [7, 11) is 0. The Kier molecular flexibility index (Phi) is 3.15. The molecule has 0 atom stereocenters. The Balaban J connectivity index is 2.48. The van der Waals surface area contributed by atoms with E-state index in [-0.39, 0.29) is 5.43 Å². The number of rotatable bonds is 2. The second-order valence-electron chi connectivity index (χ2n) is 3.55. The minimum Gasteiger partial charge on any atom is -0.457 e. The summed E-state index contributed by atoms with van der Waals surface area (Å²) in [6.07, 6.45) is 3.41. The van der Waals surface area contributed by atoms with E-state index in [1.165, 1.54) is 29.7 Å². The lowest BCUT2D eigenvalue weighted by atomic mass is 10.1. The number of hydrogen-bond donors (Lipinski definition) is 0. The summed E-state index contributed by atoms with van der Waals surface area (Å²) >= 11 is 1.42. The smallest absolute Gasteiger partial charge is 0.193 e. The summed E-state index contributed by atoms with van der Waals surface area (Å²) in [4.78, 5) is 11.8. The van der Waals surface area contributed by atoms with E-state index < -0.39 is 0 Å². The van der Waals surface area contributed by atoms with Gasteiger partial charge in [0.05, 0.1) is 5.56 Å². The topological polar surface area (TPSA) is 30.2 Å². The van der Waals surface area contributed by atoms with E-state index in [9.17, 15) is 4.79 Å². The highest BCUT2D eigenvalue weighted by molar-refractivity contribution is 7.98. The Morgan fingerprint density at radius 3 is 2.44 bits per heavy atom. The van der Waals surface area contributed by atoms with Crippen LogP contribution in [0.25, 0.3) is 11.1 Å². The molecule has 1 heterocycles. The van der Waals surface area contributed by atoms with Gasteiger partial charge in [0, 0.05) is 6.07 Å². The molecule has 16 heavy (non-hydrogen) atoms. The fraction of sp³-hybridized carbons (Fsp3) is 0.154. The number of aryl methyl sites for hydroxylation is 1. The van der Waals surface area contributed by atoms with Crippen LogP contribution in [0.4, 0.5) is 0 Å². The molecule has 1 aromatic carbocycles. The average Bonchev–Trinajstić information content (AvgIpc) is 2.30. The highest BCUT2D eigenvalue weighted by Crippen LogP contribution is 2.19. The third-order valence-corrected chi connectivity index (χ3v) is 2.99. The number of benzene rings is 1. The van der Waals surface area contributed by atoms with Gasteiger partial charge >= 0.3 is 0 Å². The molecule has 2 nitrogen and oxygen atoms in total. The van der Waals surface area contributed by atoms with Gasteiger partial charge in [-0.25, -0.2) is 0 Å². The van der Waals surface area contributed by atoms with Crippen molar-refractivity contribution in [3.8, 4) is 11.1 Å². The first-order chi connectivity index (χ1) is 7.70. The van der Waals surface area contributed by atoms with Crippen molar-refractivity contribution in [1.82, 2.24) is 0 Å². The highest BCUT2D eigenvalue weighted by atomic mass is 32.2. The van der Waals surface area contributed by atoms with Gasteiger partial charge in [-0.1, -0.05) is 41.6 Å². The van der Waals surface area contributed by atoms with E-state index in [1.54, 1.807) is 0 Å². The third kappa shape index (κ3) is 2.19. The lowest BCUT2D eigenvalue weighted by Gasteiger charge is -2.01. The summed E-state index contributed by atoms with van der Waals surface area (Å²) in [5, 5.41) is 0.640. The molecule has 0 saturated carbocycles. The second-order valence-corrected chi connectivity index (χ2v) is 4.36. The number of hydrogen-bond acceptors (Lipinski definition) is 3. The minimum absolute atomic E-state index is 0.000506. The van der Waals surface area contributed by atoms with Crippen molar-refractivity contribution in [2.45, 2.75) is 12.0 Å². The Morgan fingerprint density at radius 2 is 1.88 bits per heavy atom. The summed E-state index contributed by atoms with van der Waals surface area (Å²) in [5.74, 6) is 0. The van der Waals surface area contributed by atoms with Crippen molar-refractivity contribution in [1.29, 1.82) is 0 Å². The van der Waals surface area contributed by atoms with Gasteiger partial charge in [0.15, 0.2) is 10.5 Å². The first-order valence-electron chi connectivity index (χ1n) is 4.94. The van der Waals surface area contributed by atoms with E-state index in [1.807, 2.05) is 37.4 Å². The first kappa shape index (κ1) is 11.0. The van der Waals surface area contributed by atoms with E-state index in [0.717, 1.165) is 5.56 Å². The summed E-state index contributed by atoms with van der Waals surface area (Å²) in [6, 6.07) is 9.36. The maximum Gasteiger partial charge on any atom is 0.193 e. The van der Waals surface area contributed by atoms with Crippen LogP contribution in [0.5, 0.6) is 0 Å². The largest absolute Gasteiger partial charge is 0.457 e. The second kappa shape index (κ2) is 4.58. The van der Waals surface area contributed by atoms with Gasteiger partial charge in [0.25, 0.3) is 0 Å². The predicted molar refractivity (Wildman–Crippen MR) is 66.9 cm³/mol. The van der Waals surface area contributed by atoms with Crippen LogP contribution in [0.1, 0.15) is 5.56 Å². The van der Waals surface area contributed by atoms with Crippen LogP contribution in [0.3, 0.4) is 0 Å². The molecule has 0 bridgehead atoms. The predicted octanol–water partition coefficient (Wildman–Crippen LogP) is 3.34. The molecule has 0 aliphatic rings. The molecule has 0 fully saturated rings. The van der Waals surface area contributed by atoms with Gasteiger partial charge in [-0.2, -0.15) is 0 Å². The molecule has 0 aliphatic heterocycles. The van der Waals surface area contributed by atoms with E-state index >= 15 is 0 Å². The zero-order chi connectivity index (χ0) is 11.5. The molecule has 0 amide bonds. The van der Waals surface area contributed by atoms with Gasteiger partial charge in [-0.15, -0.1) is 0 Å². The fourth-order valence-electron chi connectivity index (χ4n) is 1.44. The summed E-state index contributed by atoms with van der Waals surface area (Å²) in [5.41, 5.74) is 2.68. The van der Waals surface area contributed by atoms with Crippen LogP contribution in [0.2, 0.25) is 0 Å². The zero-order valence-electron chi connectivity index (χ0n) is 9.19. The Morgan fingerprint density at radius 1 is 1.19 bits per heavy atom. The van der Waals surface area contributed by atoms with Crippen LogP contribution in [0.15, 0.2) is 50.9 Å². The SMILES string of the molecule is CSc1cc(=O)c(-c2ccc(C)cc2)co1. The normalized spacial score (nSPS) is 10.4. The van der Waals surface area contributed by atoms with Gasteiger partial charge in [-0.05, 0) is 18.7 Å². The molecule has 1 aromatic heterocycles. The van der Waals surface area contributed by atoms with Crippen molar-refractivity contribution in [3.05, 3.63) is 52.4 Å². The molecule has 0 radical (unpaired) electrons. The summed E-state index contributed by atoms with van der Waals surface area (Å²) in [6.45, 7) is 2.02. The maximum absolute atomic E-state index is 11.8. The maximum atomic E-state index is 11.8. The van der Waals surface area contributed by atoms with E-state index in [0.29, 0.717) is 10.7 Å². The standard InChI is InChI=1S/C13H12O2S/c1-9-3-5-10(6-4-9)11-8-15-13(16-2)7-12(11)14/h3-8H,1-2H3. The molecule has 0 unspecified atom stereocenters. The summed E-state index contributed by atoms with van der Waals surface area (Å²) < 4.78 is 5.34. The molecule has 0 spiro atoms. The fourth-order valence-corrected chi connectivity index (χ4v) is 1.81. The van der Waals surface area contributed by atoms with Gasteiger partial charge in [0.1, 0.15) is 6.26 Å². The highest BCUT2D eigenvalue weighted by Gasteiger charge is 2.05. The molecule has 2 rings (SSSR count). The molecule has 82 valence electrons. The monoisotopic (exact) mass is 232 g/mol. The molecule has 0 aliphatic carbocycles. The van der Waals surface area contributed by atoms with Crippen molar-refractivity contribution >= 4 is 11.8 Å². The van der Waals surface area contributed by atoms with Gasteiger partial charge in [-0.3, -0.25) is 4.79 Å². The number of thioether (sulfide) groups is 1. The van der Waals surface area contributed by atoms with Gasteiger partial charge in [0.2, 0.25) is 0 Å². The quantitative estimate of drug-likeness (QED) is 0.744. The third-order valence-electron chi connectivity index (χ3n) is 2.37. The Hall–Kier alpha value is -1.48. The molecular formula is C13H12O2S. The van der Waals surface area contributed by atoms with Crippen molar-refractivity contribution in [3.63, 3.8) is 0 Å². The minimum atomic E-state index is -0.000506. The van der Waals surface area contributed by atoms with Crippen LogP contribution in [-0.4, -0.2) is 6.26 Å². The molecule has 0 N–H and O–H groups in total. The van der Waals surface area contributed by atoms with Gasteiger partial charge < -0.3 is 4.42 Å². The van der Waals surface area contributed by atoms with Crippen LogP contribution >= 0.6 is 11.8 Å². The van der Waals surface area contributed by atoms with E-state index in [2.05, 4.69) is 0 Å². The lowest BCUT2D eigenvalue weighted by molar-refractivity contribution is 0.455. The molecule has 2 aromatic rings. The van der Waals surface area contributed by atoms with Crippen LogP contribution in [0, 0.1) is 6.92 Å². The zero-order valence-corrected chi connectivity index (χ0v) is 10.0. The van der Waals surface area contributed by atoms with Crippen molar-refractivity contribution < 1.29 is 4.42 Å². The van der Waals surface area contributed by atoms with Crippen LogP contribution < -0.4 is 5.43 Å². The lowest BCUT2D eigenvalue weighted by Crippen LogP contribution is -2.02. The van der Waals surface area contributed by atoms with Crippen molar-refractivity contribution in [2.75, 3.05) is 6.26 Å². The van der Waals surface area contributed by atoms with Crippen LogP contribution in [-0.2, 0) is 0 Å². The first-order valence-corrected chi connectivity index (χ1v) is 6.17. The Bertz CT molecular complexity index is 541. The average molecular weight is 232 g/mol.